The smallest absolute Gasteiger partial charge is 0.314 e. The number of aliphatic hydroxyl groups is 1. The van der Waals surface area contributed by atoms with E-state index in [-0.39, 0.29) is 19.2 Å². The highest BCUT2D eigenvalue weighted by atomic mass is 16.5. The van der Waals surface area contributed by atoms with Gasteiger partial charge in [-0.25, -0.2) is 4.79 Å². The second-order valence-electron chi connectivity index (χ2n) is 5.43. The monoisotopic (exact) mass is 332 g/mol. The van der Waals surface area contributed by atoms with E-state index in [1.54, 1.807) is 7.11 Å². The number of benzene rings is 2. The standard InChI is InChI=1S/C18H24N2O4/c1-23-11-5-10-19-18(22)20-12-15(21)13-24-17-9-4-7-14-6-2-3-8-16(14)17/h2-4,6-9,15,21H,5,10-13H2,1H3,(H2,19,20,22)/t15-/m1/s1. The summed E-state index contributed by atoms with van der Waals surface area (Å²) in [7, 11) is 1.62. The summed E-state index contributed by atoms with van der Waals surface area (Å²) in [5.41, 5.74) is 0. The van der Waals surface area contributed by atoms with Crippen LogP contribution < -0.4 is 15.4 Å². The predicted molar refractivity (Wildman–Crippen MR) is 93.3 cm³/mol. The number of carbonyl (C=O) groups is 1. The van der Waals surface area contributed by atoms with E-state index in [1.807, 2.05) is 42.5 Å². The van der Waals surface area contributed by atoms with Crippen LogP contribution in [0.2, 0.25) is 0 Å². The third kappa shape index (κ3) is 5.72. The number of carbonyl (C=O) groups excluding carboxylic acids is 1. The van der Waals surface area contributed by atoms with Gasteiger partial charge in [0.25, 0.3) is 0 Å². The minimum Gasteiger partial charge on any atom is -0.490 e. The van der Waals surface area contributed by atoms with Crippen LogP contribution in [0.3, 0.4) is 0 Å². The Morgan fingerprint density at radius 1 is 1.17 bits per heavy atom. The van der Waals surface area contributed by atoms with Gasteiger partial charge in [0.15, 0.2) is 0 Å². The van der Waals surface area contributed by atoms with E-state index >= 15 is 0 Å². The second kappa shape index (κ2) is 9.75. The molecular weight excluding hydrogens is 308 g/mol. The van der Waals surface area contributed by atoms with Crippen LogP contribution in [-0.2, 0) is 4.74 Å². The first-order chi connectivity index (χ1) is 11.7. The number of nitrogens with one attached hydrogen (secondary N) is 2. The van der Waals surface area contributed by atoms with Crippen molar-refractivity contribution in [1.29, 1.82) is 0 Å². The normalized spacial score (nSPS) is 11.9. The Labute approximate surface area is 141 Å². The van der Waals surface area contributed by atoms with Gasteiger partial charge < -0.3 is 25.2 Å². The zero-order chi connectivity index (χ0) is 17.2. The largest absolute Gasteiger partial charge is 0.490 e. The lowest BCUT2D eigenvalue weighted by molar-refractivity contribution is 0.108. The minimum absolute atomic E-state index is 0.109. The van der Waals surface area contributed by atoms with Gasteiger partial charge in [-0.3, -0.25) is 0 Å². The molecule has 24 heavy (non-hydrogen) atoms. The summed E-state index contributed by atoms with van der Waals surface area (Å²) in [6.07, 6.45) is -0.0369. The second-order valence-corrected chi connectivity index (χ2v) is 5.43. The van der Waals surface area contributed by atoms with Gasteiger partial charge in [0.05, 0.1) is 0 Å². The number of urea groups is 1. The summed E-state index contributed by atoms with van der Waals surface area (Å²) >= 11 is 0. The topological polar surface area (TPSA) is 79.8 Å². The zero-order valence-corrected chi connectivity index (χ0v) is 13.8. The Morgan fingerprint density at radius 3 is 2.79 bits per heavy atom. The summed E-state index contributed by atoms with van der Waals surface area (Å²) in [5, 5.41) is 17.3. The fourth-order valence-corrected chi connectivity index (χ4v) is 2.26. The third-order valence-corrected chi connectivity index (χ3v) is 3.49. The van der Waals surface area contributed by atoms with Crippen molar-refractivity contribution >= 4 is 16.8 Å². The maximum absolute atomic E-state index is 11.5. The lowest BCUT2D eigenvalue weighted by Crippen LogP contribution is -2.41. The van der Waals surface area contributed by atoms with E-state index in [2.05, 4.69) is 10.6 Å². The van der Waals surface area contributed by atoms with Crippen molar-refractivity contribution in [3.8, 4) is 5.75 Å². The highest BCUT2D eigenvalue weighted by Crippen LogP contribution is 2.25. The van der Waals surface area contributed by atoms with Crippen molar-refractivity contribution in [2.24, 2.45) is 0 Å². The van der Waals surface area contributed by atoms with Gasteiger partial charge in [0.2, 0.25) is 0 Å². The Hall–Kier alpha value is -2.31. The molecule has 0 unspecified atom stereocenters. The third-order valence-electron chi connectivity index (χ3n) is 3.49. The number of aliphatic hydroxyl groups excluding tert-OH is 1. The van der Waals surface area contributed by atoms with Crippen molar-refractivity contribution < 1.29 is 19.4 Å². The first-order valence-corrected chi connectivity index (χ1v) is 8.00. The summed E-state index contributed by atoms with van der Waals surface area (Å²) in [6, 6.07) is 13.4. The first kappa shape index (κ1) is 18.0. The molecule has 0 spiro atoms. The molecule has 0 radical (unpaired) electrons. The number of rotatable bonds is 9. The molecule has 2 amide bonds. The maximum Gasteiger partial charge on any atom is 0.314 e. The van der Waals surface area contributed by atoms with E-state index in [1.165, 1.54) is 0 Å². The molecule has 2 aromatic rings. The molecule has 130 valence electrons. The minimum atomic E-state index is -0.784. The molecule has 1 atom stereocenters. The van der Waals surface area contributed by atoms with Gasteiger partial charge in [-0.05, 0) is 17.9 Å². The molecule has 0 saturated heterocycles. The van der Waals surface area contributed by atoms with Crippen LogP contribution in [0.1, 0.15) is 6.42 Å². The molecule has 0 aliphatic heterocycles. The summed E-state index contributed by atoms with van der Waals surface area (Å²) in [5.74, 6) is 0.719. The van der Waals surface area contributed by atoms with E-state index in [0.29, 0.717) is 13.2 Å². The zero-order valence-electron chi connectivity index (χ0n) is 13.8. The quantitative estimate of drug-likeness (QED) is 0.613. The Bertz CT molecular complexity index is 642. The van der Waals surface area contributed by atoms with Gasteiger partial charge in [-0.1, -0.05) is 36.4 Å². The fourth-order valence-electron chi connectivity index (χ4n) is 2.26. The average Bonchev–Trinajstić information content (AvgIpc) is 2.61. The molecule has 2 rings (SSSR count). The number of amides is 2. The summed E-state index contributed by atoms with van der Waals surface area (Å²) < 4.78 is 10.6. The molecular formula is C18H24N2O4. The molecule has 0 aromatic heterocycles. The summed E-state index contributed by atoms with van der Waals surface area (Å²) in [4.78, 5) is 11.5. The Morgan fingerprint density at radius 2 is 1.96 bits per heavy atom. The molecule has 2 aromatic carbocycles. The Kier molecular flexibility index (Phi) is 7.32. The first-order valence-electron chi connectivity index (χ1n) is 8.00. The van der Waals surface area contributed by atoms with Gasteiger partial charge in [0, 0.05) is 32.2 Å². The SMILES string of the molecule is COCCCNC(=O)NC[C@@H](O)COc1cccc2ccccc12. The molecule has 0 saturated carbocycles. The van der Waals surface area contributed by atoms with Crippen molar-refractivity contribution in [3.63, 3.8) is 0 Å². The van der Waals surface area contributed by atoms with Crippen molar-refractivity contribution in [2.45, 2.75) is 12.5 Å². The van der Waals surface area contributed by atoms with Gasteiger partial charge in [-0.15, -0.1) is 0 Å². The van der Waals surface area contributed by atoms with Gasteiger partial charge in [0.1, 0.15) is 18.5 Å². The molecule has 0 aliphatic rings. The number of hydrogen-bond donors (Lipinski definition) is 3. The van der Waals surface area contributed by atoms with Crippen LogP contribution >= 0.6 is 0 Å². The van der Waals surface area contributed by atoms with Crippen molar-refractivity contribution in [2.75, 3.05) is 33.4 Å². The average molecular weight is 332 g/mol. The van der Waals surface area contributed by atoms with E-state index in [9.17, 15) is 9.90 Å². The molecule has 6 nitrogen and oxygen atoms in total. The number of ether oxygens (including phenoxy) is 2. The Balaban J connectivity index is 1.73. The maximum atomic E-state index is 11.5. The van der Waals surface area contributed by atoms with E-state index < -0.39 is 6.10 Å². The van der Waals surface area contributed by atoms with Crippen LogP contribution in [0.25, 0.3) is 10.8 Å². The summed E-state index contributed by atoms with van der Waals surface area (Å²) in [6.45, 7) is 1.36. The van der Waals surface area contributed by atoms with Crippen LogP contribution in [-0.4, -0.2) is 50.7 Å². The molecule has 0 heterocycles. The number of methoxy groups -OCH3 is 1. The van der Waals surface area contributed by atoms with Gasteiger partial charge >= 0.3 is 6.03 Å². The number of fused-ring (bicyclic) bond motifs is 1. The van der Waals surface area contributed by atoms with Crippen molar-refractivity contribution in [3.05, 3.63) is 42.5 Å². The molecule has 0 bridgehead atoms. The molecule has 0 fully saturated rings. The van der Waals surface area contributed by atoms with Crippen molar-refractivity contribution in [1.82, 2.24) is 10.6 Å². The van der Waals surface area contributed by atoms with E-state index in [0.717, 1.165) is 22.9 Å². The lowest BCUT2D eigenvalue weighted by Gasteiger charge is -2.15. The molecule has 3 N–H and O–H groups in total. The highest BCUT2D eigenvalue weighted by molar-refractivity contribution is 5.88. The van der Waals surface area contributed by atoms with Crippen LogP contribution in [0.5, 0.6) is 5.75 Å². The fraction of sp³-hybridized carbons (Fsp3) is 0.389. The molecule has 6 heteroatoms. The number of hydrogen-bond acceptors (Lipinski definition) is 4. The van der Waals surface area contributed by atoms with E-state index in [4.69, 9.17) is 9.47 Å². The lowest BCUT2D eigenvalue weighted by atomic mass is 10.1. The van der Waals surface area contributed by atoms with Crippen LogP contribution in [0, 0.1) is 0 Å². The van der Waals surface area contributed by atoms with Crippen LogP contribution in [0.15, 0.2) is 42.5 Å². The van der Waals surface area contributed by atoms with Gasteiger partial charge in [-0.2, -0.15) is 0 Å². The predicted octanol–water partition coefficient (Wildman–Crippen LogP) is 1.92. The van der Waals surface area contributed by atoms with Crippen LogP contribution in [0.4, 0.5) is 4.79 Å². The molecule has 0 aliphatic carbocycles. The highest BCUT2D eigenvalue weighted by Gasteiger charge is 2.09.